The molecule has 0 bridgehead atoms. The number of pyridine rings is 1. The van der Waals surface area contributed by atoms with Gasteiger partial charge in [-0.25, -0.2) is 4.98 Å². The molecule has 0 spiro atoms. The number of nitrogens with two attached hydrogens (primary N) is 1. The average Bonchev–Trinajstić information content (AvgIpc) is 3.41. The fraction of sp³-hybridized carbons (Fsp3) is 0.250. The number of hydrogen-bond acceptors (Lipinski definition) is 6. The Labute approximate surface area is 202 Å². The van der Waals surface area contributed by atoms with Crippen molar-refractivity contribution in [3.05, 3.63) is 44.9 Å². The Bertz CT molecular complexity index is 1450. The number of carbonyl (C=O) groups is 2. The van der Waals surface area contributed by atoms with Crippen LogP contribution in [0.1, 0.15) is 38.5 Å². The number of thiophene rings is 1. The topological polar surface area (TPSA) is 121 Å². The van der Waals surface area contributed by atoms with Crippen LogP contribution in [-0.2, 0) is 19.8 Å². The van der Waals surface area contributed by atoms with E-state index >= 15 is 0 Å². The first-order chi connectivity index (χ1) is 15.9. The van der Waals surface area contributed by atoms with Crippen LogP contribution < -0.4 is 11.1 Å². The molecule has 4 aromatic heterocycles. The van der Waals surface area contributed by atoms with Crippen molar-refractivity contribution in [1.82, 2.24) is 24.5 Å². The molecule has 178 valence electrons. The first kappa shape index (κ1) is 23.9. The van der Waals surface area contributed by atoms with Crippen molar-refractivity contribution in [3.8, 4) is 11.1 Å². The second-order valence-electron chi connectivity index (χ2n) is 7.34. The van der Waals surface area contributed by atoms with Gasteiger partial charge in [0, 0.05) is 36.9 Å². The Hall–Kier alpha value is -3.26. The van der Waals surface area contributed by atoms with Gasteiger partial charge in [0.05, 0.1) is 15.9 Å². The highest BCUT2D eigenvalue weighted by atomic mass is 79.9. The molecule has 4 heterocycles. The standard InChI is InChI=1S/C20H17BrF3N7O2S/c1-4-31-6-10(8(2)28-31)9-5-12(20(22,23)24)26-19-13(9)15(16(34-19)17(25)32)27-18(33)14-11(21)7-30(3)29-14/h5-7H,4H2,1-3H3,(H2,25,32)(H,27,33). The molecule has 3 N–H and O–H groups in total. The fourth-order valence-corrected chi connectivity index (χ4v) is 5.04. The molecule has 0 unspecified atom stereocenters. The van der Waals surface area contributed by atoms with Gasteiger partial charge in [0.15, 0.2) is 5.69 Å². The van der Waals surface area contributed by atoms with Gasteiger partial charge in [-0.1, -0.05) is 0 Å². The van der Waals surface area contributed by atoms with Crippen molar-refractivity contribution in [3.63, 3.8) is 0 Å². The number of fused-ring (bicyclic) bond motifs is 1. The summed E-state index contributed by atoms with van der Waals surface area (Å²) in [6, 6.07) is 0.885. The first-order valence-electron chi connectivity index (χ1n) is 9.80. The summed E-state index contributed by atoms with van der Waals surface area (Å²) in [5, 5.41) is 11.2. The van der Waals surface area contributed by atoms with Gasteiger partial charge in [0.25, 0.3) is 11.8 Å². The highest BCUT2D eigenvalue weighted by Crippen LogP contribution is 2.44. The van der Waals surface area contributed by atoms with Crippen molar-refractivity contribution >= 4 is 55.0 Å². The highest BCUT2D eigenvalue weighted by Gasteiger charge is 2.35. The summed E-state index contributed by atoms with van der Waals surface area (Å²) >= 11 is 3.91. The molecule has 4 rings (SSSR count). The smallest absolute Gasteiger partial charge is 0.365 e. The molecule has 0 saturated heterocycles. The summed E-state index contributed by atoms with van der Waals surface area (Å²) in [6.45, 7) is 3.99. The number of nitrogens with zero attached hydrogens (tertiary/aromatic N) is 5. The summed E-state index contributed by atoms with van der Waals surface area (Å²) in [7, 11) is 1.62. The minimum atomic E-state index is -4.74. The second kappa shape index (κ2) is 8.51. The van der Waals surface area contributed by atoms with E-state index in [0.29, 0.717) is 33.6 Å². The third-order valence-electron chi connectivity index (χ3n) is 4.97. The Balaban J connectivity index is 2.02. The maximum Gasteiger partial charge on any atom is 0.433 e. The Morgan fingerprint density at radius 1 is 1.24 bits per heavy atom. The predicted octanol–water partition coefficient (Wildman–Crippen LogP) is 4.35. The molecule has 0 aliphatic carbocycles. The van der Waals surface area contributed by atoms with Crippen molar-refractivity contribution in [2.75, 3.05) is 5.32 Å². The lowest BCUT2D eigenvalue weighted by atomic mass is 10.0. The monoisotopic (exact) mass is 555 g/mol. The van der Waals surface area contributed by atoms with E-state index in [4.69, 9.17) is 5.73 Å². The van der Waals surface area contributed by atoms with Gasteiger partial charge in [0.1, 0.15) is 15.4 Å². The molecule has 0 aliphatic rings. The molecule has 9 nitrogen and oxygen atoms in total. The summed E-state index contributed by atoms with van der Waals surface area (Å²) < 4.78 is 44.4. The Morgan fingerprint density at radius 3 is 2.47 bits per heavy atom. The van der Waals surface area contributed by atoms with Gasteiger partial charge in [-0.15, -0.1) is 11.3 Å². The molecule has 0 saturated carbocycles. The van der Waals surface area contributed by atoms with Gasteiger partial charge in [-0.05, 0) is 41.4 Å². The van der Waals surface area contributed by atoms with Crippen LogP contribution in [0.4, 0.5) is 18.9 Å². The van der Waals surface area contributed by atoms with Gasteiger partial charge in [-0.2, -0.15) is 23.4 Å². The number of aromatic nitrogens is 5. The molecule has 4 aromatic rings. The number of rotatable bonds is 5. The lowest BCUT2D eigenvalue weighted by Gasteiger charge is -2.11. The number of primary amides is 1. The number of aryl methyl sites for hydroxylation is 3. The zero-order valence-corrected chi connectivity index (χ0v) is 20.4. The largest absolute Gasteiger partial charge is 0.433 e. The number of nitrogens with one attached hydrogen (secondary N) is 1. The molecule has 2 amide bonds. The summed E-state index contributed by atoms with van der Waals surface area (Å²) in [6.07, 6.45) is -1.58. The molecule has 0 aromatic carbocycles. The molecule has 14 heteroatoms. The third-order valence-corrected chi connectivity index (χ3v) is 6.65. The molecule has 34 heavy (non-hydrogen) atoms. The number of anilines is 1. The van der Waals surface area contributed by atoms with E-state index in [1.807, 2.05) is 6.92 Å². The van der Waals surface area contributed by atoms with E-state index in [2.05, 4.69) is 36.4 Å². The zero-order valence-electron chi connectivity index (χ0n) is 18.0. The number of amides is 2. The molecule has 0 fully saturated rings. The SMILES string of the molecule is CCn1cc(-c2cc(C(F)(F)F)nc3sc(C(N)=O)c(NC(=O)c4nn(C)cc4Br)c23)c(C)n1. The first-order valence-corrected chi connectivity index (χ1v) is 11.4. The minimum absolute atomic E-state index is 0.0219. The maximum absolute atomic E-state index is 13.7. The Morgan fingerprint density at radius 2 is 1.94 bits per heavy atom. The Kier molecular flexibility index (Phi) is 5.97. The van der Waals surface area contributed by atoms with E-state index in [0.717, 1.165) is 6.07 Å². The van der Waals surface area contributed by atoms with Crippen LogP contribution in [0.25, 0.3) is 21.3 Å². The minimum Gasteiger partial charge on any atom is -0.365 e. The number of alkyl halides is 3. The lowest BCUT2D eigenvalue weighted by Crippen LogP contribution is -2.17. The van der Waals surface area contributed by atoms with Crippen LogP contribution in [0.5, 0.6) is 0 Å². The van der Waals surface area contributed by atoms with Crippen molar-refractivity contribution in [2.24, 2.45) is 12.8 Å². The predicted molar refractivity (Wildman–Crippen MR) is 124 cm³/mol. The third kappa shape index (κ3) is 4.18. The maximum atomic E-state index is 13.7. The van der Waals surface area contributed by atoms with Crippen LogP contribution in [0.15, 0.2) is 22.9 Å². The van der Waals surface area contributed by atoms with Crippen LogP contribution in [0.2, 0.25) is 0 Å². The van der Waals surface area contributed by atoms with Gasteiger partial charge in [0.2, 0.25) is 0 Å². The number of halogens is 4. The number of hydrogen-bond donors (Lipinski definition) is 2. The van der Waals surface area contributed by atoms with Crippen LogP contribution >= 0.6 is 27.3 Å². The molecule has 0 atom stereocenters. The van der Waals surface area contributed by atoms with Gasteiger partial charge in [-0.3, -0.25) is 19.0 Å². The average molecular weight is 556 g/mol. The van der Waals surface area contributed by atoms with E-state index in [1.54, 1.807) is 31.0 Å². The molecular formula is C20H17BrF3N7O2S. The van der Waals surface area contributed by atoms with E-state index in [-0.39, 0.29) is 32.0 Å². The van der Waals surface area contributed by atoms with Crippen LogP contribution in [-0.4, -0.2) is 36.4 Å². The van der Waals surface area contributed by atoms with Crippen molar-refractivity contribution in [2.45, 2.75) is 26.6 Å². The summed E-state index contributed by atoms with van der Waals surface area (Å²) in [5.74, 6) is -1.60. The van der Waals surface area contributed by atoms with E-state index < -0.39 is 23.7 Å². The van der Waals surface area contributed by atoms with Gasteiger partial charge >= 0.3 is 6.18 Å². The molecule has 0 aliphatic heterocycles. The molecule has 0 radical (unpaired) electrons. The van der Waals surface area contributed by atoms with E-state index in [9.17, 15) is 22.8 Å². The van der Waals surface area contributed by atoms with Crippen molar-refractivity contribution in [1.29, 1.82) is 0 Å². The number of carbonyl (C=O) groups excluding carboxylic acids is 2. The quantitative estimate of drug-likeness (QED) is 0.379. The summed E-state index contributed by atoms with van der Waals surface area (Å²) in [4.78, 5) is 28.7. The summed E-state index contributed by atoms with van der Waals surface area (Å²) in [5.41, 5.74) is 5.37. The molecular weight excluding hydrogens is 539 g/mol. The fourth-order valence-electron chi connectivity index (χ4n) is 3.48. The van der Waals surface area contributed by atoms with Crippen LogP contribution in [0, 0.1) is 6.92 Å². The second-order valence-corrected chi connectivity index (χ2v) is 9.19. The zero-order chi connectivity index (χ0) is 24.9. The van der Waals surface area contributed by atoms with Crippen molar-refractivity contribution < 1.29 is 22.8 Å². The lowest BCUT2D eigenvalue weighted by molar-refractivity contribution is -0.140. The van der Waals surface area contributed by atoms with Gasteiger partial charge < -0.3 is 11.1 Å². The van der Waals surface area contributed by atoms with Crippen LogP contribution in [0.3, 0.4) is 0 Å². The highest BCUT2D eigenvalue weighted by molar-refractivity contribution is 9.10. The van der Waals surface area contributed by atoms with E-state index in [1.165, 1.54) is 4.68 Å². The normalized spacial score (nSPS) is 11.9.